The summed E-state index contributed by atoms with van der Waals surface area (Å²) in [5.41, 5.74) is 0.206. The van der Waals surface area contributed by atoms with Gasteiger partial charge in [-0.3, -0.25) is 4.79 Å². The standard InChI is InChI=1S/C17H29N3O3/c1-12-8-14(9-13(2)20(12)16(22)23-3)19-6-4-17(5-7-19)10-15(21)18-11-17/h12-14H,4-11H2,1-3H3,(H,18,21). The molecule has 0 aromatic rings. The number of likely N-dealkylation sites (tertiary alicyclic amines) is 2. The van der Waals surface area contributed by atoms with Crippen molar-refractivity contribution in [2.24, 2.45) is 5.41 Å². The second kappa shape index (κ2) is 6.30. The topological polar surface area (TPSA) is 61.9 Å². The van der Waals surface area contributed by atoms with E-state index in [2.05, 4.69) is 24.1 Å². The summed E-state index contributed by atoms with van der Waals surface area (Å²) in [6, 6.07) is 0.951. The zero-order chi connectivity index (χ0) is 16.6. The molecule has 3 rings (SSSR count). The van der Waals surface area contributed by atoms with Gasteiger partial charge in [-0.25, -0.2) is 4.79 Å². The van der Waals surface area contributed by atoms with Crippen molar-refractivity contribution >= 4 is 12.0 Å². The van der Waals surface area contributed by atoms with E-state index in [1.54, 1.807) is 0 Å². The molecule has 2 unspecified atom stereocenters. The Labute approximate surface area is 138 Å². The van der Waals surface area contributed by atoms with Crippen LogP contribution in [-0.4, -0.2) is 66.7 Å². The van der Waals surface area contributed by atoms with E-state index >= 15 is 0 Å². The van der Waals surface area contributed by atoms with E-state index in [-0.39, 0.29) is 29.5 Å². The molecule has 0 saturated carbocycles. The normalized spacial score (nSPS) is 34.5. The third kappa shape index (κ3) is 3.18. The van der Waals surface area contributed by atoms with Gasteiger partial charge in [-0.2, -0.15) is 0 Å². The number of amides is 2. The number of piperidine rings is 2. The van der Waals surface area contributed by atoms with Crippen molar-refractivity contribution in [3.63, 3.8) is 0 Å². The maximum Gasteiger partial charge on any atom is 0.409 e. The van der Waals surface area contributed by atoms with Crippen LogP contribution in [-0.2, 0) is 9.53 Å². The van der Waals surface area contributed by atoms with Gasteiger partial charge in [0.15, 0.2) is 0 Å². The molecule has 0 aliphatic carbocycles. The van der Waals surface area contributed by atoms with Gasteiger partial charge in [0.1, 0.15) is 0 Å². The third-order valence-electron chi connectivity index (χ3n) is 6.13. The van der Waals surface area contributed by atoms with E-state index in [1.165, 1.54) is 7.11 Å². The predicted molar refractivity (Wildman–Crippen MR) is 87.1 cm³/mol. The van der Waals surface area contributed by atoms with Crippen LogP contribution in [0.15, 0.2) is 0 Å². The molecule has 1 N–H and O–H groups in total. The second-order valence-corrected chi connectivity index (χ2v) is 7.69. The Balaban J connectivity index is 1.57. The molecule has 0 aromatic heterocycles. The molecule has 3 aliphatic rings. The lowest BCUT2D eigenvalue weighted by atomic mass is 9.76. The minimum atomic E-state index is -0.211. The van der Waals surface area contributed by atoms with Crippen LogP contribution in [0.5, 0.6) is 0 Å². The molecule has 2 amide bonds. The Morgan fingerprint density at radius 3 is 2.30 bits per heavy atom. The number of carbonyl (C=O) groups is 2. The molecule has 2 atom stereocenters. The Morgan fingerprint density at radius 2 is 1.83 bits per heavy atom. The first-order valence-electron chi connectivity index (χ1n) is 8.81. The molecule has 3 fully saturated rings. The molecular formula is C17H29N3O3. The molecule has 23 heavy (non-hydrogen) atoms. The Morgan fingerprint density at radius 1 is 1.22 bits per heavy atom. The highest BCUT2D eigenvalue weighted by Crippen LogP contribution is 2.39. The summed E-state index contributed by atoms with van der Waals surface area (Å²) in [6.45, 7) is 7.22. The van der Waals surface area contributed by atoms with Gasteiger partial charge >= 0.3 is 6.09 Å². The minimum absolute atomic E-state index is 0.206. The summed E-state index contributed by atoms with van der Waals surface area (Å²) in [6.07, 6.45) is 4.70. The summed E-state index contributed by atoms with van der Waals surface area (Å²) < 4.78 is 4.92. The molecule has 6 heteroatoms. The molecule has 3 aliphatic heterocycles. The summed E-state index contributed by atoms with van der Waals surface area (Å²) in [4.78, 5) is 27.9. The number of rotatable bonds is 1. The second-order valence-electron chi connectivity index (χ2n) is 7.69. The van der Waals surface area contributed by atoms with Crippen LogP contribution < -0.4 is 5.32 Å². The van der Waals surface area contributed by atoms with Gasteiger partial charge in [0, 0.05) is 31.1 Å². The van der Waals surface area contributed by atoms with Crippen molar-refractivity contribution in [3.8, 4) is 0 Å². The van der Waals surface area contributed by atoms with Crippen molar-refractivity contribution in [2.45, 2.75) is 64.1 Å². The van der Waals surface area contributed by atoms with E-state index in [0.29, 0.717) is 12.5 Å². The third-order valence-corrected chi connectivity index (χ3v) is 6.13. The molecule has 130 valence electrons. The van der Waals surface area contributed by atoms with E-state index in [9.17, 15) is 9.59 Å². The number of carbonyl (C=O) groups excluding carboxylic acids is 2. The van der Waals surface area contributed by atoms with Crippen LogP contribution >= 0.6 is 0 Å². The number of hydrogen-bond acceptors (Lipinski definition) is 4. The van der Waals surface area contributed by atoms with E-state index < -0.39 is 0 Å². The first-order chi connectivity index (χ1) is 10.9. The molecule has 0 radical (unpaired) electrons. The van der Waals surface area contributed by atoms with Crippen LogP contribution in [0.1, 0.15) is 46.0 Å². The van der Waals surface area contributed by atoms with Crippen molar-refractivity contribution in [1.82, 2.24) is 15.1 Å². The Kier molecular flexibility index (Phi) is 4.54. The lowest BCUT2D eigenvalue weighted by Gasteiger charge is -2.48. The number of ether oxygens (including phenoxy) is 1. The monoisotopic (exact) mass is 323 g/mol. The van der Waals surface area contributed by atoms with Crippen molar-refractivity contribution < 1.29 is 14.3 Å². The van der Waals surface area contributed by atoms with Crippen LogP contribution in [0.4, 0.5) is 4.79 Å². The number of nitrogens with zero attached hydrogens (tertiary/aromatic N) is 2. The maximum atomic E-state index is 11.9. The summed E-state index contributed by atoms with van der Waals surface area (Å²) in [5, 5.41) is 3.00. The lowest BCUT2D eigenvalue weighted by Crippen LogP contribution is -2.56. The summed E-state index contributed by atoms with van der Waals surface area (Å²) >= 11 is 0. The largest absolute Gasteiger partial charge is 0.453 e. The predicted octanol–water partition coefficient (Wildman–Crippen LogP) is 1.60. The van der Waals surface area contributed by atoms with Crippen LogP contribution in [0, 0.1) is 5.41 Å². The molecule has 0 aromatic carbocycles. The quantitative estimate of drug-likeness (QED) is 0.796. The highest BCUT2D eigenvalue weighted by Gasteiger charge is 2.43. The number of methoxy groups -OCH3 is 1. The molecule has 3 saturated heterocycles. The average molecular weight is 323 g/mol. The van der Waals surface area contributed by atoms with Crippen molar-refractivity contribution in [1.29, 1.82) is 0 Å². The zero-order valence-electron chi connectivity index (χ0n) is 14.5. The van der Waals surface area contributed by atoms with Gasteiger partial charge in [-0.05, 0) is 58.0 Å². The lowest BCUT2D eigenvalue weighted by molar-refractivity contribution is -0.119. The smallest absolute Gasteiger partial charge is 0.409 e. The molecule has 1 spiro atoms. The fourth-order valence-electron chi connectivity index (χ4n) is 4.78. The Hall–Kier alpha value is -1.30. The highest BCUT2D eigenvalue weighted by molar-refractivity contribution is 5.79. The fourth-order valence-corrected chi connectivity index (χ4v) is 4.78. The maximum absolute atomic E-state index is 11.9. The molecule has 0 bridgehead atoms. The Bertz CT molecular complexity index is 462. The first kappa shape index (κ1) is 16.6. The van der Waals surface area contributed by atoms with Gasteiger partial charge in [0.25, 0.3) is 0 Å². The van der Waals surface area contributed by atoms with E-state index in [1.807, 2.05) is 4.90 Å². The van der Waals surface area contributed by atoms with Gasteiger partial charge < -0.3 is 19.9 Å². The van der Waals surface area contributed by atoms with Gasteiger partial charge in [-0.1, -0.05) is 0 Å². The van der Waals surface area contributed by atoms with Gasteiger partial charge in [0.2, 0.25) is 5.91 Å². The number of hydrogen-bond donors (Lipinski definition) is 1. The summed E-state index contributed by atoms with van der Waals surface area (Å²) in [7, 11) is 1.45. The fraction of sp³-hybridized carbons (Fsp3) is 0.882. The minimum Gasteiger partial charge on any atom is -0.453 e. The van der Waals surface area contributed by atoms with Gasteiger partial charge in [-0.15, -0.1) is 0 Å². The van der Waals surface area contributed by atoms with Crippen molar-refractivity contribution in [3.05, 3.63) is 0 Å². The SMILES string of the molecule is COC(=O)N1C(C)CC(N2CCC3(CC2)CNC(=O)C3)CC1C. The van der Waals surface area contributed by atoms with Crippen molar-refractivity contribution in [2.75, 3.05) is 26.7 Å². The average Bonchev–Trinajstić information content (AvgIpc) is 2.87. The van der Waals surface area contributed by atoms with Crippen LogP contribution in [0.2, 0.25) is 0 Å². The van der Waals surface area contributed by atoms with Crippen LogP contribution in [0.3, 0.4) is 0 Å². The van der Waals surface area contributed by atoms with Gasteiger partial charge in [0.05, 0.1) is 7.11 Å². The molecule has 6 nitrogen and oxygen atoms in total. The summed E-state index contributed by atoms with van der Waals surface area (Å²) in [5.74, 6) is 0.215. The first-order valence-corrected chi connectivity index (χ1v) is 8.81. The van der Waals surface area contributed by atoms with Crippen LogP contribution in [0.25, 0.3) is 0 Å². The molecule has 3 heterocycles. The number of nitrogens with one attached hydrogen (secondary N) is 1. The zero-order valence-corrected chi connectivity index (χ0v) is 14.5. The van der Waals surface area contributed by atoms with E-state index in [4.69, 9.17) is 4.74 Å². The van der Waals surface area contributed by atoms with E-state index in [0.717, 1.165) is 45.3 Å². The highest BCUT2D eigenvalue weighted by atomic mass is 16.5. The molecular weight excluding hydrogens is 294 g/mol.